The molecule has 0 saturated carbocycles. The van der Waals surface area contributed by atoms with Gasteiger partial charge in [-0.3, -0.25) is 4.79 Å². The third kappa shape index (κ3) is 2.41. The Hall–Kier alpha value is -0.180. The first-order chi connectivity index (χ1) is 5.75. The van der Waals surface area contributed by atoms with Crippen LogP contribution in [0.4, 0.5) is 0 Å². The molecule has 1 fully saturated rings. The van der Waals surface area contributed by atoms with E-state index in [1.165, 1.54) is 0 Å². The molecule has 0 aliphatic carbocycles. The summed E-state index contributed by atoms with van der Waals surface area (Å²) in [5.74, 6) is 1.73. The molecule has 0 radical (unpaired) electrons. The van der Waals surface area contributed by atoms with Crippen molar-refractivity contribution in [3.8, 4) is 0 Å². The first-order valence-corrected chi connectivity index (χ1v) is 5.71. The van der Waals surface area contributed by atoms with Crippen LogP contribution >= 0.6 is 11.8 Å². The standard InChI is InChI=1S/C9H16O2S/c1-2-3-7-4-5-12-6-8(7)9(10)11/h7-8H,2-6H2,1H3,(H,10,11). The van der Waals surface area contributed by atoms with Gasteiger partial charge >= 0.3 is 5.97 Å². The topological polar surface area (TPSA) is 37.3 Å². The van der Waals surface area contributed by atoms with E-state index in [1.54, 1.807) is 11.8 Å². The number of carbonyl (C=O) groups is 1. The second-order valence-corrected chi connectivity index (χ2v) is 4.51. The fourth-order valence-corrected chi connectivity index (χ4v) is 3.08. The zero-order valence-corrected chi connectivity index (χ0v) is 8.27. The fourth-order valence-electron chi connectivity index (χ4n) is 1.77. The Bertz CT molecular complexity index is 157. The summed E-state index contributed by atoms with van der Waals surface area (Å²) in [5, 5.41) is 8.92. The van der Waals surface area contributed by atoms with Crippen molar-refractivity contribution in [1.29, 1.82) is 0 Å². The fraction of sp³-hybridized carbons (Fsp3) is 0.889. The molecule has 1 heterocycles. The molecule has 1 rings (SSSR count). The molecular weight excluding hydrogens is 172 g/mol. The monoisotopic (exact) mass is 188 g/mol. The van der Waals surface area contributed by atoms with Crippen LogP contribution in [0, 0.1) is 11.8 Å². The highest BCUT2D eigenvalue weighted by atomic mass is 32.2. The van der Waals surface area contributed by atoms with Crippen molar-refractivity contribution in [2.75, 3.05) is 11.5 Å². The number of hydrogen-bond donors (Lipinski definition) is 1. The number of carboxylic acids is 1. The summed E-state index contributed by atoms with van der Waals surface area (Å²) in [7, 11) is 0. The van der Waals surface area contributed by atoms with Crippen molar-refractivity contribution in [3.05, 3.63) is 0 Å². The summed E-state index contributed by atoms with van der Waals surface area (Å²) in [6.07, 6.45) is 3.28. The molecule has 0 aromatic rings. The number of hydrogen-bond acceptors (Lipinski definition) is 2. The Balaban J connectivity index is 2.48. The van der Waals surface area contributed by atoms with Gasteiger partial charge in [0.1, 0.15) is 0 Å². The van der Waals surface area contributed by atoms with Crippen LogP contribution in [0.2, 0.25) is 0 Å². The summed E-state index contributed by atoms with van der Waals surface area (Å²) in [6, 6.07) is 0. The molecule has 12 heavy (non-hydrogen) atoms. The molecule has 2 unspecified atom stereocenters. The van der Waals surface area contributed by atoms with Gasteiger partial charge in [0.2, 0.25) is 0 Å². The Morgan fingerprint density at radius 3 is 3.00 bits per heavy atom. The average Bonchev–Trinajstić information content (AvgIpc) is 2.05. The van der Waals surface area contributed by atoms with Crippen LogP contribution in [-0.4, -0.2) is 22.6 Å². The molecule has 70 valence electrons. The summed E-state index contributed by atoms with van der Waals surface area (Å²) in [5.41, 5.74) is 0. The Morgan fingerprint density at radius 2 is 2.42 bits per heavy atom. The van der Waals surface area contributed by atoms with E-state index in [0.717, 1.165) is 30.8 Å². The van der Waals surface area contributed by atoms with Gasteiger partial charge in [-0.25, -0.2) is 0 Å². The van der Waals surface area contributed by atoms with Crippen molar-refractivity contribution in [2.45, 2.75) is 26.2 Å². The molecular formula is C9H16O2S. The zero-order chi connectivity index (χ0) is 8.97. The minimum absolute atomic E-state index is 0.0799. The van der Waals surface area contributed by atoms with Crippen molar-refractivity contribution in [2.24, 2.45) is 11.8 Å². The lowest BCUT2D eigenvalue weighted by Gasteiger charge is -2.27. The normalized spacial score (nSPS) is 30.1. The van der Waals surface area contributed by atoms with Gasteiger partial charge in [-0.2, -0.15) is 11.8 Å². The number of thioether (sulfide) groups is 1. The summed E-state index contributed by atoms with van der Waals surface area (Å²) in [6.45, 7) is 2.13. The second-order valence-electron chi connectivity index (χ2n) is 3.36. The number of carboxylic acid groups (broad SMARTS) is 1. The minimum atomic E-state index is -0.597. The van der Waals surface area contributed by atoms with Crippen molar-refractivity contribution >= 4 is 17.7 Å². The van der Waals surface area contributed by atoms with E-state index in [4.69, 9.17) is 5.11 Å². The van der Waals surface area contributed by atoms with Gasteiger partial charge in [0, 0.05) is 5.75 Å². The third-order valence-corrected chi connectivity index (χ3v) is 3.60. The van der Waals surface area contributed by atoms with E-state index in [-0.39, 0.29) is 5.92 Å². The lowest BCUT2D eigenvalue weighted by molar-refractivity contribution is -0.143. The third-order valence-electron chi connectivity index (χ3n) is 2.48. The predicted molar refractivity (Wildman–Crippen MR) is 51.5 cm³/mol. The van der Waals surface area contributed by atoms with Gasteiger partial charge in [-0.05, 0) is 24.5 Å². The molecule has 1 aliphatic heterocycles. The minimum Gasteiger partial charge on any atom is -0.481 e. The van der Waals surface area contributed by atoms with E-state index in [1.807, 2.05) is 0 Å². The first-order valence-electron chi connectivity index (χ1n) is 4.56. The maximum Gasteiger partial charge on any atom is 0.307 e. The van der Waals surface area contributed by atoms with E-state index in [9.17, 15) is 4.79 Å². The van der Waals surface area contributed by atoms with Crippen LogP contribution in [0.1, 0.15) is 26.2 Å². The molecule has 1 saturated heterocycles. The molecule has 0 amide bonds. The highest BCUT2D eigenvalue weighted by molar-refractivity contribution is 7.99. The van der Waals surface area contributed by atoms with Crippen molar-refractivity contribution in [3.63, 3.8) is 0 Å². The van der Waals surface area contributed by atoms with Crippen LogP contribution in [-0.2, 0) is 4.79 Å². The van der Waals surface area contributed by atoms with E-state index in [0.29, 0.717) is 5.92 Å². The first kappa shape index (κ1) is 9.90. The summed E-state index contributed by atoms with van der Waals surface area (Å²) >= 11 is 1.78. The highest BCUT2D eigenvalue weighted by Gasteiger charge is 2.30. The maximum atomic E-state index is 10.8. The van der Waals surface area contributed by atoms with Gasteiger partial charge in [0.15, 0.2) is 0 Å². The average molecular weight is 188 g/mol. The molecule has 1 aliphatic rings. The van der Waals surface area contributed by atoms with Crippen molar-refractivity contribution in [1.82, 2.24) is 0 Å². The summed E-state index contributed by atoms with van der Waals surface area (Å²) < 4.78 is 0. The lowest BCUT2D eigenvalue weighted by Crippen LogP contribution is -2.29. The van der Waals surface area contributed by atoms with Gasteiger partial charge in [0.25, 0.3) is 0 Å². The zero-order valence-electron chi connectivity index (χ0n) is 7.45. The largest absolute Gasteiger partial charge is 0.481 e. The van der Waals surface area contributed by atoms with Crippen molar-refractivity contribution < 1.29 is 9.90 Å². The SMILES string of the molecule is CCCC1CCSCC1C(=O)O. The summed E-state index contributed by atoms with van der Waals surface area (Å²) in [4.78, 5) is 10.8. The van der Waals surface area contributed by atoms with Crippen LogP contribution < -0.4 is 0 Å². The molecule has 1 N–H and O–H groups in total. The second kappa shape index (κ2) is 4.75. The Labute approximate surface area is 77.7 Å². The molecule has 0 aromatic carbocycles. The predicted octanol–water partition coefficient (Wildman–Crippen LogP) is 2.24. The molecule has 2 atom stereocenters. The quantitative estimate of drug-likeness (QED) is 0.738. The Morgan fingerprint density at radius 1 is 1.67 bits per heavy atom. The molecule has 0 aromatic heterocycles. The number of aliphatic carboxylic acids is 1. The lowest BCUT2D eigenvalue weighted by atomic mass is 9.87. The van der Waals surface area contributed by atoms with Gasteiger partial charge in [-0.1, -0.05) is 13.3 Å². The molecule has 0 spiro atoms. The maximum absolute atomic E-state index is 10.8. The molecule has 3 heteroatoms. The molecule has 2 nitrogen and oxygen atoms in total. The number of rotatable bonds is 3. The van der Waals surface area contributed by atoms with Crippen LogP contribution in [0.15, 0.2) is 0 Å². The molecule has 0 bridgehead atoms. The van der Waals surface area contributed by atoms with Crippen LogP contribution in [0.5, 0.6) is 0 Å². The van der Waals surface area contributed by atoms with Gasteiger partial charge < -0.3 is 5.11 Å². The van der Waals surface area contributed by atoms with Crippen LogP contribution in [0.3, 0.4) is 0 Å². The highest BCUT2D eigenvalue weighted by Crippen LogP contribution is 2.31. The van der Waals surface area contributed by atoms with E-state index in [2.05, 4.69) is 6.92 Å². The van der Waals surface area contributed by atoms with E-state index < -0.39 is 5.97 Å². The smallest absolute Gasteiger partial charge is 0.307 e. The van der Waals surface area contributed by atoms with Gasteiger partial charge in [0.05, 0.1) is 5.92 Å². The van der Waals surface area contributed by atoms with Gasteiger partial charge in [-0.15, -0.1) is 0 Å². The van der Waals surface area contributed by atoms with E-state index >= 15 is 0 Å². The van der Waals surface area contributed by atoms with Crippen LogP contribution in [0.25, 0.3) is 0 Å². The Kier molecular flexibility index (Phi) is 3.92.